The second-order valence-electron chi connectivity index (χ2n) is 7.13. The quantitative estimate of drug-likeness (QED) is 0.409. The molecule has 4 rings (SSSR count). The average molecular weight is 468 g/mol. The number of thioether (sulfide) groups is 1. The highest BCUT2D eigenvalue weighted by molar-refractivity contribution is 8.00. The zero-order valence-electron chi connectivity index (χ0n) is 16.9. The van der Waals surface area contributed by atoms with Crippen molar-refractivity contribution in [3.8, 4) is 0 Å². The number of nitrogens with one attached hydrogen (secondary N) is 1. The Morgan fingerprint density at radius 2 is 1.88 bits per heavy atom. The van der Waals surface area contributed by atoms with Crippen molar-refractivity contribution in [3.05, 3.63) is 106 Å². The number of hydrogen-bond acceptors (Lipinski definition) is 4. The van der Waals surface area contributed by atoms with Crippen LogP contribution in [0, 0.1) is 5.82 Å². The van der Waals surface area contributed by atoms with E-state index in [0.717, 1.165) is 11.1 Å². The Hall–Kier alpha value is -3.16. The van der Waals surface area contributed by atoms with Crippen molar-refractivity contribution in [2.45, 2.75) is 11.9 Å². The van der Waals surface area contributed by atoms with Crippen LogP contribution in [0.25, 0.3) is 0 Å². The maximum Gasteiger partial charge on any atom is 0.271 e. The highest BCUT2D eigenvalue weighted by atomic mass is 35.5. The number of halogens is 2. The first kappa shape index (κ1) is 22.0. The summed E-state index contributed by atoms with van der Waals surface area (Å²) in [5, 5.41) is 3.90. The van der Waals surface area contributed by atoms with Gasteiger partial charge in [0.15, 0.2) is 0 Å². The molecular formula is C24H19ClFN3O2S. The third-order valence-electron chi connectivity index (χ3n) is 4.98. The first-order valence-corrected chi connectivity index (χ1v) is 11.3. The molecule has 1 aliphatic heterocycles. The van der Waals surface area contributed by atoms with Gasteiger partial charge in [0, 0.05) is 17.7 Å². The van der Waals surface area contributed by atoms with Crippen LogP contribution in [0.15, 0.2) is 77.9 Å². The van der Waals surface area contributed by atoms with E-state index in [1.54, 1.807) is 30.0 Å². The molecule has 0 radical (unpaired) electrons. The van der Waals surface area contributed by atoms with Crippen LogP contribution in [-0.2, 0) is 11.3 Å². The molecule has 162 valence electrons. The molecule has 8 heteroatoms. The number of nitrogens with zero attached hydrogens (tertiary/aromatic N) is 2. The largest absolute Gasteiger partial charge is 0.322 e. The summed E-state index contributed by atoms with van der Waals surface area (Å²) in [5.41, 5.74) is 4.88. The highest BCUT2D eigenvalue weighted by Gasteiger charge is 2.32. The van der Waals surface area contributed by atoms with E-state index < -0.39 is 11.7 Å². The Labute approximate surface area is 194 Å². The second kappa shape index (κ2) is 9.97. The molecule has 0 saturated carbocycles. The Balaban J connectivity index is 1.42. The summed E-state index contributed by atoms with van der Waals surface area (Å²) in [6.07, 6.45) is 1.17. The number of rotatable bonds is 6. The van der Waals surface area contributed by atoms with E-state index in [0.29, 0.717) is 17.9 Å². The molecule has 5 nitrogen and oxygen atoms in total. The van der Waals surface area contributed by atoms with Crippen LogP contribution in [0.1, 0.15) is 32.4 Å². The van der Waals surface area contributed by atoms with Gasteiger partial charge in [0.2, 0.25) is 5.91 Å². The normalized spacial score (nSPS) is 16.0. The van der Waals surface area contributed by atoms with Crippen molar-refractivity contribution in [2.24, 2.45) is 5.10 Å². The van der Waals surface area contributed by atoms with Crippen LogP contribution in [0.4, 0.5) is 4.39 Å². The van der Waals surface area contributed by atoms with Gasteiger partial charge in [-0.15, -0.1) is 11.8 Å². The van der Waals surface area contributed by atoms with Gasteiger partial charge < -0.3 is 4.90 Å². The SMILES string of the molecule is O=C(N/N=C\c1c(F)cccc1Cl)c1ccc([C@@H]2SCC(=O)N2Cc2ccccc2)cc1. The minimum atomic E-state index is -0.525. The standard InChI is InChI=1S/C24H19ClFN3O2S/c25-20-7-4-8-21(26)19(20)13-27-28-23(31)17-9-11-18(12-10-17)24-29(22(30)15-32-24)14-16-5-2-1-3-6-16/h1-13,24H,14-15H2,(H,28,31)/b27-13-/t24-/m0/s1. The predicted molar refractivity (Wildman–Crippen MR) is 125 cm³/mol. The Morgan fingerprint density at radius 1 is 1.12 bits per heavy atom. The average Bonchev–Trinajstić information content (AvgIpc) is 3.16. The summed E-state index contributed by atoms with van der Waals surface area (Å²) in [4.78, 5) is 26.6. The van der Waals surface area contributed by atoms with Crippen molar-refractivity contribution >= 4 is 41.4 Å². The molecule has 3 aromatic rings. The Morgan fingerprint density at radius 3 is 2.59 bits per heavy atom. The summed E-state index contributed by atoms with van der Waals surface area (Å²) >= 11 is 7.50. The van der Waals surface area contributed by atoms with Gasteiger partial charge in [0.25, 0.3) is 5.91 Å². The predicted octanol–water partition coefficient (Wildman–Crippen LogP) is 5.02. The van der Waals surface area contributed by atoms with Gasteiger partial charge in [-0.05, 0) is 35.4 Å². The first-order valence-electron chi connectivity index (χ1n) is 9.85. The number of carbonyl (C=O) groups excluding carboxylic acids is 2. The Kier molecular flexibility index (Phi) is 6.87. The molecule has 1 atom stereocenters. The molecular weight excluding hydrogens is 449 g/mol. The third-order valence-corrected chi connectivity index (χ3v) is 6.57. The van der Waals surface area contributed by atoms with Crippen LogP contribution in [0.2, 0.25) is 5.02 Å². The van der Waals surface area contributed by atoms with Gasteiger partial charge in [0.05, 0.1) is 17.0 Å². The molecule has 32 heavy (non-hydrogen) atoms. The molecule has 1 fully saturated rings. The number of carbonyl (C=O) groups is 2. The summed E-state index contributed by atoms with van der Waals surface area (Å²) in [7, 11) is 0. The fraction of sp³-hybridized carbons (Fsp3) is 0.125. The van der Waals surface area contributed by atoms with Crippen molar-refractivity contribution in [1.29, 1.82) is 0 Å². The van der Waals surface area contributed by atoms with Gasteiger partial charge in [-0.25, -0.2) is 9.82 Å². The lowest BCUT2D eigenvalue weighted by atomic mass is 10.1. The van der Waals surface area contributed by atoms with E-state index >= 15 is 0 Å². The third kappa shape index (κ3) is 5.00. The fourth-order valence-corrected chi connectivity index (χ4v) is 4.73. The molecule has 0 spiro atoms. The lowest BCUT2D eigenvalue weighted by molar-refractivity contribution is -0.128. The zero-order valence-corrected chi connectivity index (χ0v) is 18.4. The second-order valence-corrected chi connectivity index (χ2v) is 8.60. The summed E-state index contributed by atoms with van der Waals surface area (Å²) in [6, 6.07) is 21.2. The van der Waals surface area contributed by atoms with E-state index in [4.69, 9.17) is 11.6 Å². The maximum atomic E-state index is 13.8. The van der Waals surface area contributed by atoms with Crippen LogP contribution in [0.3, 0.4) is 0 Å². The molecule has 1 N–H and O–H groups in total. The molecule has 0 bridgehead atoms. The molecule has 1 saturated heterocycles. The summed E-state index contributed by atoms with van der Waals surface area (Å²) < 4.78 is 13.8. The molecule has 3 aromatic carbocycles. The van der Waals surface area contributed by atoms with Crippen LogP contribution < -0.4 is 5.43 Å². The fourth-order valence-electron chi connectivity index (χ4n) is 3.33. The number of hydrogen-bond donors (Lipinski definition) is 1. The molecule has 1 heterocycles. The number of hydrazone groups is 1. The number of benzene rings is 3. The van der Waals surface area contributed by atoms with E-state index in [9.17, 15) is 14.0 Å². The maximum absolute atomic E-state index is 13.8. The van der Waals surface area contributed by atoms with Crippen LogP contribution >= 0.6 is 23.4 Å². The van der Waals surface area contributed by atoms with Crippen LogP contribution in [-0.4, -0.2) is 28.7 Å². The lowest BCUT2D eigenvalue weighted by Gasteiger charge is -2.24. The van der Waals surface area contributed by atoms with E-state index in [1.807, 2.05) is 47.4 Å². The van der Waals surface area contributed by atoms with Crippen molar-refractivity contribution < 1.29 is 14.0 Å². The monoisotopic (exact) mass is 467 g/mol. The van der Waals surface area contributed by atoms with Crippen molar-refractivity contribution in [3.63, 3.8) is 0 Å². The molecule has 0 aliphatic carbocycles. The van der Waals surface area contributed by atoms with E-state index in [1.165, 1.54) is 18.3 Å². The zero-order chi connectivity index (χ0) is 22.5. The topological polar surface area (TPSA) is 61.8 Å². The number of amides is 2. The van der Waals surface area contributed by atoms with Crippen molar-refractivity contribution in [1.82, 2.24) is 10.3 Å². The molecule has 0 aromatic heterocycles. The Bertz CT molecular complexity index is 1140. The molecule has 0 unspecified atom stereocenters. The van der Waals surface area contributed by atoms with E-state index in [2.05, 4.69) is 10.5 Å². The molecule has 2 amide bonds. The van der Waals surface area contributed by atoms with Gasteiger partial charge in [-0.3, -0.25) is 9.59 Å². The summed E-state index contributed by atoms with van der Waals surface area (Å²) in [6.45, 7) is 0.535. The highest BCUT2D eigenvalue weighted by Crippen LogP contribution is 2.39. The smallest absolute Gasteiger partial charge is 0.271 e. The molecule has 1 aliphatic rings. The van der Waals surface area contributed by atoms with Gasteiger partial charge in [-0.2, -0.15) is 5.10 Å². The van der Waals surface area contributed by atoms with Crippen molar-refractivity contribution in [2.75, 3.05) is 5.75 Å². The first-order chi connectivity index (χ1) is 15.5. The summed E-state index contributed by atoms with van der Waals surface area (Å²) in [5.74, 6) is -0.445. The lowest BCUT2D eigenvalue weighted by Crippen LogP contribution is -2.27. The van der Waals surface area contributed by atoms with E-state index in [-0.39, 0.29) is 21.9 Å². The minimum absolute atomic E-state index is 0.0896. The van der Waals surface area contributed by atoms with Gasteiger partial charge in [-0.1, -0.05) is 60.1 Å². The van der Waals surface area contributed by atoms with Gasteiger partial charge >= 0.3 is 0 Å². The van der Waals surface area contributed by atoms with Crippen LogP contribution in [0.5, 0.6) is 0 Å². The van der Waals surface area contributed by atoms with Gasteiger partial charge in [0.1, 0.15) is 11.2 Å². The minimum Gasteiger partial charge on any atom is -0.322 e.